The standard InChI is InChI=1S/C15H27NO6/c1-6-10(3)8-15(5,9-12(17)18)16-14(20)22-11(4)21-13(19)7-2/h10-11H,6-9H2,1-5H3,(H,16,20)(H,17,18)/t10-,11-,15+/m1/s1. The Morgan fingerprint density at radius 3 is 2.23 bits per heavy atom. The highest BCUT2D eigenvalue weighted by Gasteiger charge is 2.32. The Morgan fingerprint density at radius 1 is 1.18 bits per heavy atom. The van der Waals surface area contributed by atoms with E-state index in [1.54, 1.807) is 13.8 Å². The first-order chi connectivity index (χ1) is 10.1. The van der Waals surface area contributed by atoms with Crippen LogP contribution in [-0.4, -0.2) is 35.0 Å². The number of carbonyl (C=O) groups is 3. The number of alkyl carbamates (subject to hydrolysis) is 1. The van der Waals surface area contributed by atoms with E-state index < -0.39 is 29.9 Å². The van der Waals surface area contributed by atoms with Crippen LogP contribution in [0.25, 0.3) is 0 Å². The van der Waals surface area contributed by atoms with Gasteiger partial charge in [-0.1, -0.05) is 27.2 Å². The van der Waals surface area contributed by atoms with Gasteiger partial charge in [0.25, 0.3) is 0 Å². The minimum absolute atomic E-state index is 0.181. The Bertz CT molecular complexity index is 397. The van der Waals surface area contributed by atoms with Crippen molar-refractivity contribution in [1.82, 2.24) is 5.32 Å². The first-order valence-electron chi connectivity index (χ1n) is 7.52. The van der Waals surface area contributed by atoms with Crippen molar-refractivity contribution in [3.05, 3.63) is 0 Å². The predicted octanol–water partition coefficient (Wildman–Crippen LogP) is 2.68. The number of nitrogens with one attached hydrogen (secondary N) is 1. The van der Waals surface area contributed by atoms with E-state index in [0.29, 0.717) is 6.42 Å². The summed E-state index contributed by atoms with van der Waals surface area (Å²) in [6, 6.07) is 0. The van der Waals surface area contributed by atoms with Gasteiger partial charge >= 0.3 is 18.0 Å². The van der Waals surface area contributed by atoms with Crippen LogP contribution in [0.15, 0.2) is 0 Å². The monoisotopic (exact) mass is 317 g/mol. The van der Waals surface area contributed by atoms with E-state index in [4.69, 9.17) is 14.6 Å². The molecular weight excluding hydrogens is 290 g/mol. The molecule has 0 heterocycles. The molecule has 0 aliphatic heterocycles. The van der Waals surface area contributed by atoms with Gasteiger partial charge in [-0.25, -0.2) is 4.79 Å². The first kappa shape index (κ1) is 20.2. The fraction of sp³-hybridized carbons (Fsp3) is 0.800. The summed E-state index contributed by atoms with van der Waals surface area (Å²) in [6.45, 7) is 8.70. The summed E-state index contributed by atoms with van der Waals surface area (Å²) in [4.78, 5) is 34.0. The maximum absolute atomic E-state index is 11.9. The molecule has 0 saturated carbocycles. The lowest BCUT2D eigenvalue weighted by atomic mass is 9.86. The highest BCUT2D eigenvalue weighted by molar-refractivity contribution is 5.73. The van der Waals surface area contributed by atoms with Crippen molar-refractivity contribution < 1.29 is 29.0 Å². The quantitative estimate of drug-likeness (QED) is 0.501. The van der Waals surface area contributed by atoms with Gasteiger partial charge in [-0.3, -0.25) is 9.59 Å². The lowest BCUT2D eigenvalue weighted by Gasteiger charge is -2.31. The first-order valence-corrected chi connectivity index (χ1v) is 7.52. The second-order valence-electron chi connectivity index (χ2n) is 5.79. The zero-order valence-electron chi connectivity index (χ0n) is 14.0. The number of carboxylic acid groups (broad SMARTS) is 1. The van der Waals surface area contributed by atoms with Crippen molar-refractivity contribution in [2.45, 2.75) is 72.1 Å². The van der Waals surface area contributed by atoms with Crippen molar-refractivity contribution in [2.75, 3.05) is 0 Å². The van der Waals surface area contributed by atoms with E-state index in [1.807, 2.05) is 13.8 Å². The Morgan fingerprint density at radius 2 is 1.77 bits per heavy atom. The van der Waals surface area contributed by atoms with Crippen LogP contribution in [0.5, 0.6) is 0 Å². The number of amides is 1. The number of carbonyl (C=O) groups excluding carboxylic acids is 2. The number of ether oxygens (including phenoxy) is 2. The number of hydrogen-bond donors (Lipinski definition) is 2. The highest BCUT2D eigenvalue weighted by Crippen LogP contribution is 2.23. The molecule has 7 heteroatoms. The summed E-state index contributed by atoms with van der Waals surface area (Å²) in [5.74, 6) is -1.23. The van der Waals surface area contributed by atoms with E-state index in [1.165, 1.54) is 6.92 Å². The van der Waals surface area contributed by atoms with E-state index in [-0.39, 0.29) is 18.8 Å². The number of esters is 1. The van der Waals surface area contributed by atoms with E-state index in [9.17, 15) is 14.4 Å². The molecule has 3 atom stereocenters. The zero-order valence-corrected chi connectivity index (χ0v) is 14.0. The van der Waals surface area contributed by atoms with Crippen LogP contribution in [0.4, 0.5) is 4.79 Å². The van der Waals surface area contributed by atoms with Gasteiger partial charge in [0.2, 0.25) is 6.29 Å². The number of hydrogen-bond acceptors (Lipinski definition) is 5. The van der Waals surface area contributed by atoms with Crippen molar-refractivity contribution in [3.63, 3.8) is 0 Å². The molecule has 0 unspecified atom stereocenters. The van der Waals surface area contributed by atoms with Crippen LogP contribution in [0.1, 0.15) is 60.3 Å². The average Bonchev–Trinajstić information content (AvgIpc) is 2.35. The van der Waals surface area contributed by atoms with E-state index in [0.717, 1.165) is 6.42 Å². The molecule has 128 valence electrons. The van der Waals surface area contributed by atoms with Crippen LogP contribution in [0.2, 0.25) is 0 Å². The predicted molar refractivity (Wildman–Crippen MR) is 80.2 cm³/mol. The number of aliphatic carboxylic acids is 1. The summed E-state index contributed by atoms with van der Waals surface area (Å²) >= 11 is 0. The molecule has 0 bridgehead atoms. The van der Waals surface area contributed by atoms with Gasteiger partial charge in [-0.05, 0) is 19.3 Å². The normalized spacial score (nSPS) is 16.0. The largest absolute Gasteiger partial charge is 0.481 e. The maximum atomic E-state index is 11.9. The number of carboxylic acids is 1. The van der Waals surface area contributed by atoms with E-state index >= 15 is 0 Å². The van der Waals surface area contributed by atoms with Crippen molar-refractivity contribution in [3.8, 4) is 0 Å². The Hall–Kier alpha value is -1.79. The van der Waals surface area contributed by atoms with Gasteiger partial charge in [-0.15, -0.1) is 0 Å². The molecule has 22 heavy (non-hydrogen) atoms. The van der Waals surface area contributed by atoms with Gasteiger partial charge in [0.15, 0.2) is 0 Å². The third-order valence-corrected chi connectivity index (χ3v) is 3.30. The van der Waals surface area contributed by atoms with Gasteiger partial charge in [0.1, 0.15) is 0 Å². The van der Waals surface area contributed by atoms with Gasteiger partial charge in [-0.2, -0.15) is 0 Å². The van der Waals surface area contributed by atoms with Crippen LogP contribution < -0.4 is 5.32 Å². The molecule has 0 aliphatic carbocycles. The fourth-order valence-corrected chi connectivity index (χ4v) is 2.13. The molecule has 7 nitrogen and oxygen atoms in total. The van der Waals surface area contributed by atoms with Gasteiger partial charge in [0, 0.05) is 13.3 Å². The second-order valence-corrected chi connectivity index (χ2v) is 5.79. The smallest absolute Gasteiger partial charge is 0.410 e. The molecule has 2 N–H and O–H groups in total. The minimum atomic E-state index is -1.02. The summed E-state index contributed by atoms with van der Waals surface area (Å²) in [5, 5.41) is 11.6. The fourth-order valence-electron chi connectivity index (χ4n) is 2.13. The van der Waals surface area contributed by atoms with Crippen LogP contribution in [0.3, 0.4) is 0 Å². The topological polar surface area (TPSA) is 102 Å². The molecule has 1 amide bonds. The molecule has 0 saturated heterocycles. The lowest BCUT2D eigenvalue weighted by Crippen LogP contribution is -2.49. The minimum Gasteiger partial charge on any atom is -0.481 e. The van der Waals surface area contributed by atoms with Crippen molar-refractivity contribution in [2.24, 2.45) is 5.92 Å². The van der Waals surface area contributed by atoms with Crippen molar-refractivity contribution in [1.29, 1.82) is 0 Å². The Kier molecular flexibility index (Phi) is 8.52. The Balaban J connectivity index is 4.67. The molecule has 0 spiro atoms. The zero-order chi connectivity index (χ0) is 17.3. The Labute approximate surface area is 131 Å². The molecule has 0 rings (SSSR count). The SMILES string of the molecule is CCC(=O)O[C@@H](C)OC(=O)N[C@](C)(CC(=O)O)C[C@H](C)CC. The third kappa shape index (κ3) is 8.49. The molecule has 0 radical (unpaired) electrons. The maximum Gasteiger partial charge on any atom is 0.410 e. The molecule has 0 aromatic carbocycles. The van der Waals surface area contributed by atoms with Crippen LogP contribution in [0, 0.1) is 5.92 Å². The van der Waals surface area contributed by atoms with E-state index in [2.05, 4.69) is 5.32 Å². The highest BCUT2D eigenvalue weighted by atomic mass is 16.7. The van der Waals surface area contributed by atoms with Crippen LogP contribution >= 0.6 is 0 Å². The second kappa shape index (κ2) is 9.27. The summed E-state index contributed by atoms with van der Waals surface area (Å²) in [7, 11) is 0. The molecule has 0 aromatic heterocycles. The summed E-state index contributed by atoms with van der Waals surface area (Å²) in [6.07, 6.45) is -0.478. The van der Waals surface area contributed by atoms with Crippen LogP contribution in [-0.2, 0) is 19.1 Å². The molecule has 0 aromatic rings. The van der Waals surface area contributed by atoms with Gasteiger partial charge in [0.05, 0.1) is 12.0 Å². The summed E-state index contributed by atoms with van der Waals surface area (Å²) in [5.41, 5.74) is -0.924. The van der Waals surface area contributed by atoms with Gasteiger partial charge < -0.3 is 19.9 Å². The molecular formula is C15H27NO6. The summed E-state index contributed by atoms with van der Waals surface area (Å²) < 4.78 is 9.76. The average molecular weight is 317 g/mol. The lowest BCUT2D eigenvalue weighted by molar-refractivity contribution is -0.164. The number of rotatable bonds is 9. The van der Waals surface area contributed by atoms with Crippen molar-refractivity contribution >= 4 is 18.0 Å². The third-order valence-electron chi connectivity index (χ3n) is 3.30. The molecule has 0 aliphatic rings. The molecule has 0 fully saturated rings.